The quantitative estimate of drug-likeness (QED) is 0.813. The summed E-state index contributed by atoms with van der Waals surface area (Å²) in [6.07, 6.45) is 0.405. The molecule has 0 amide bonds. The molecule has 0 saturated heterocycles. The maximum absolute atomic E-state index is 11.6. The maximum Gasteiger partial charge on any atom is 0.190 e. The number of ketones is 1. The molecule has 0 radical (unpaired) electrons. The van der Waals surface area contributed by atoms with Crippen LogP contribution in [0, 0.1) is 18.3 Å². The Morgan fingerprint density at radius 2 is 2.05 bits per heavy atom. The minimum Gasteiger partial charge on any atom is -0.321 e. The number of rotatable bonds is 4. The van der Waals surface area contributed by atoms with Crippen LogP contribution in [0.3, 0.4) is 0 Å². The number of carbonyl (C=O) groups excluding carboxylic acids is 1. The van der Waals surface area contributed by atoms with Crippen molar-refractivity contribution >= 4 is 22.8 Å². The van der Waals surface area contributed by atoms with Gasteiger partial charge in [0.1, 0.15) is 0 Å². The molecule has 0 fully saturated rings. The van der Waals surface area contributed by atoms with E-state index in [0.29, 0.717) is 6.42 Å². The first-order chi connectivity index (χ1) is 10.1. The molecule has 4 nitrogen and oxygen atoms in total. The van der Waals surface area contributed by atoms with Crippen molar-refractivity contribution in [2.75, 3.05) is 0 Å². The summed E-state index contributed by atoms with van der Waals surface area (Å²) >= 11 is 1.42. The van der Waals surface area contributed by atoms with Crippen LogP contribution in [-0.2, 0) is 13.0 Å². The molecule has 1 aromatic carbocycles. The number of benzene rings is 1. The molecule has 0 N–H and O–H groups in total. The van der Waals surface area contributed by atoms with Crippen LogP contribution >= 0.6 is 11.3 Å². The van der Waals surface area contributed by atoms with E-state index in [-0.39, 0.29) is 5.78 Å². The topological polar surface area (TPSA) is 58.1 Å². The van der Waals surface area contributed by atoms with Gasteiger partial charge >= 0.3 is 0 Å². The first-order valence-electron chi connectivity index (χ1n) is 6.78. The number of carbonyl (C=O) groups is 1. The fourth-order valence-corrected chi connectivity index (χ4v) is 3.27. The average molecular weight is 299 g/mol. The second-order valence-electron chi connectivity index (χ2n) is 4.71. The molecule has 1 heterocycles. The average Bonchev–Trinajstić information content (AvgIpc) is 2.77. The van der Waals surface area contributed by atoms with Crippen LogP contribution in [0.15, 0.2) is 29.3 Å². The third kappa shape index (κ3) is 3.29. The SMILES string of the molecule is CCn1c(C)c(C(C)=O)s/c1=N/c1ccc(CC#N)cc1. The first-order valence-corrected chi connectivity index (χ1v) is 7.60. The lowest BCUT2D eigenvalue weighted by Gasteiger charge is -2.01. The molecular weight excluding hydrogens is 282 g/mol. The van der Waals surface area contributed by atoms with Crippen molar-refractivity contribution < 1.29 is 4.79 Å². The summed E-state index contributed by atoms with van der Waals surface area (Å²) in [6, 6.07) is 9.74. The molecule has 2 rings (SSSR count). The van der Waals surface area contributed by atoms with Crippen molar-refractivity contribution in [2.45, 2.75) is 33.7 Å². The fourth-order valence-electron chi connectivity index (χ4n) is 2.16. The molecule has 0 aliphatic heterocycles. The first kappa shape index (κ1) is 15.2. The predicted molar refractivity (Wildman–Crippen MR) is 83.7 cm³/mol. The van der Waals surface area contributed by atoms with Crippen LogP contribution in [0.1, 0.15) is 34.8 Å². The number of Topliss-reactive ketones (excluding diaryl/α,β-unsaturated/α-hetero) is 1. The molecule has 0 atom stereocenters. The van der Waals surface area contributed by atoms with E-state index in [2.05, 4.69) is 11.1 Å². The van der Waals surface area contributed by atoms with E-state index in [1.54, 1.807) is 6.92 Å². The van der Waals surface area contributed by atoms with E-state index < -0.39 is 0 Å². The summed E-state index contributed by atoms with van der Waals surface area (Å²) in [5, 5.41) is 8.67. The molecule has 0 unspecified atom stereocenters. The fraction of sp³-hybridized carbons (Fsp3) is 0.312. The minimum atomic E-state index is 0.0746. The Labute approximate surface area is 128 Å². The summed E-state index contributed by atoms with van der Waals surface area (Å²) in [7, 11) is 0. The maximum atomic E-state index is 11.6. The van der Waals surface area contributed by atoms with E-state index in [9.17, 15) is 4.79 Å². The lowest BCUT2D eigenvalue weighted by molar-refractivity contribution is 0.102. The van der Waals surface area contributed by atoms with E-state index in [1.807, 2.05) is 42.7 Å². The summed E-state index contributed by atoms with van der Waals surface area (Å²) in [5.74, 6) is 0.0746. The zero-order chi connectivity index (χ0) is 15.4. The zero-order valence-corrected chi connectivity index (χ0v) is 13.2. The second kappa shape index (κ2) is 6.51. The molecular formula is C16H17N3OS. The molecule has 21 heavy (non-hydrogen) atoms. The lowest BCUT2D eigenvalue weighted by Crippen LogP contribution is -2.14. The molecule has 0 aliphatic rings. The molecule has 0 spiro atoms. The Morgan fingerprint density at radius 3 is 2.57 bits per heavy atom. The Kier molecular flexibility index (Phi) is 4.71. The third-order valence-electron chi connectivity index (χ3n) is 3.24. The van der Waals surface area contributed by atoms with Gasteiger partial charge in [-0.05, 0) is 31.5 Å². The molecule has 0 saturated carbocycles. The molecule has 5 heteroatoms. The molecule has 0 aliphatic carbocycles. The summed E-state index contributed by atoms with van der Waals surface area (Å²) in [4.78, 5) is 17.9. The van der Waals surface area contributed by atoms with E-state index in [1.165, 1.54) is 11.3 Å². The van der Waals surface area contributed by atoms with Crippen LogP contribution in [0.25, 0.3) is 0 Å². The second-order valence-corrected chi connectivity index (χ2v) is 5.69. The van der Waals surface area contributed by atoms with Gasteiger partial charge in [-0.15, -0.1) is 0 Å². The van der Waals surface area contributed by atoms with Gasteiger partial charge in [-0.1, -0.05) is 23.5 Å². The van der Waals surface area contributed by atoms with E-state index >= 15 is 0 Å². The van der Waals surface area contributed by atoms with Gasteiger partial charge in [-0.25, -0.2) is 4.99 Å². The number of hydrogen-bond donors (Lipinski definition) is 0. The monoisotopic (exact) mass is 299 g/mol. The highest BCUT2D eigenvalue weighted by Crippen LogP contribution is 2.16. The van der Waals surface area contributed by atoms with Gasteiger partial charge in [0.15, 0.2) is 10.6 Å². The minimum absolute atomic E-state index is 0.0746. The van der Waals surface area contributed by atoms with Gasteiger partial charge < -0.3 is 4.57 Å². The Morgan fingerprint density at radius 1 is 1.38 bits per heavy atom. The van der Waals surface area contributed by atoms with Gasteiger partial charge in [0.25, 0.3) is 0 Å². The van der Waals surface area contributed by atoms with Gasteiger partial charge in [-0.2, -0.15) is 5.26 Å². The van der Waals surface area contributed by atoms with Crippen LogP contribution in [-0.4, -0.2) is 10.4 Å². The Hall–Kier alpha value is -2.19. The van der Waals surface area contributed by atoms with Crippen LogP contribution < -0.4 is 4.80 Å². The number of nitrogens with zero attached hydrogens (tertiary/aromatic N) is 3. The Bertz CT molecular complexity index is 760. The van der Waals surface area contributed by atoms with Crippen LogP contribution in [0.5, 0.6) is 0 Å². The zero-order valence-electron chi connectivity index (χ0n) is 12.4. The van der Waals surface area contributed by atoms with Gasteiger partial charge in [0.05, 0.1) is 23.1 Å². The van der Waals surface area contributed by atoms with Gasteiger partial charge in [0, 0.05) is 19.2 Å². The summed E-state index contributed by atoms with van der Waals surface area (Å²) in [5.41, 5.74) is 2.77. The van der Waals surface area contributed by atoms with Gasteiger partial charge in [-0.3, -0.25) is 4.79 Å². The number of hydrogen-bond acceptors (Lipinski definition) is 4. The van der Waals surface area contributed by atoms with E-state index in [0.717, 1.165) is 33.2 Å². The molecule has 0 bridgehead atoms. The summed E-state index contributed by atoms with van der Waals surface area (Å²) < 4.78 is 2.05. The lowest BCUT2D eigenvalue weighted by atomic mass is 10.1. The van der Waals surface area contributed by atoms with Crippen LogP contribution in [0.4, 0.5) is 5.69 Å². The molecule has 1 aromatic heterocycles. The standard InChI is InChI=1S/C16H17N3OS/c1-4-19-11(2)15(12(3)20)21-16(19)18-14-7-5-13(6-8-14)9-10-17/h5-8H,4,9H2,1-3H3/b18-16+. The van der Waals surface area contributed by atoms with Crippen molar-refractivity contribution in [2.24, 2.45) is 4.99 Å². The molecule has 2 aromatic rings. The molecule has 108 valence electrons. The summed E-state index contributed by atoms with van der Waals surface area (Å²) in [6.45, 7) is 6.35. The highest BCUT2D eigenvalue weighted by Gasteiger charge is 2.12. The number of aromatic nitrogens is 1. The van der Waals surface area contributed by atoms with Gasteiger partial charge in [0.2, 0.25) is 0 Å². The van der Waals surface area contributed by atoms with Crippen molar-refractivity contribution in [3.8, 4) is 6.07 Å². The highest BCUT2D eigenvalue weighted by atomic mass is 32.1. The van der Waals surface area contributed by atoms with Crippen molar-refractivity contribution in [1.29, 1.82) is 5.26 Å². The third-order valence-corrected chi connectivity index (χ3v) is 4.52. The van der Waals surface area contributed by atoms with E-state index in [4.69, 9.17) is 5.26 Å². The smallest absolute Gasteiger partial charge is 0.190 e. The Balaban J connectivity index is 2.47. The normalized spacial score (nSPS) is 11.4. The number of thiazole rings is 1. The largest absolute Gasteiger partial charge is 0.321 e. The van der Waals surface area contributed by atoms with Crippen molar-refractivity contribution in [3.63, 3.8) is 0 Å². The predicted octanol–water partition coefficient (Wildman–Crippen LogP) is 3.38. The van der Waals surface area contributed by atoms with Crippen molar-refractivity contribution in [3.05, 3.63) is 45.2 Å². The van der Waals surface area contributed by atoms with Crippen molar-refractivity contribution in [1.82, 2.24) is 4.57 Å². The number of nitriles is 1. The highest BCUT2D eigenvalue weighted by molar-refractivity contribution is 7.11. The van der Waals surface area contributed by atoms with Crippen LogP contribution in [0.2, 0.25) is 0 Å².